The van der Waals surface area contributed by atoms with Gasteiger partial charge < -0.3 is 5.32 Å². The summed E-state index contributed by atoms with van der Waals surface area (Å²) in [7, 11) is 0. The molecule has 1 saturated carbocycles. The third-order valence-corrected chi connectivity index (χ3v) is 3.91. The first-order valence-electron chi connectivity index (χ1n) is 5.75. The predicted molar refractivity (Wildman–Crippen MR) is 59.1 cm³/mol. The number of ketones is 1. The van der Waals surface area contributed by atoms with Crippen molar-refractivity contribution >= 4 is 5.78 Å². The SMILES string of the molecule is O=C1CNCC2(CCC2)c2cc(F)ccc21. The normalized spacial score (nSPS) is 22.4. The van der Waals surface area contributed by atoms with Gasteiger partial charge in [0.25, 0.3) is 0 Å². The molecule has 0 amide bonds. The number of benzene rings is 1. The molecule has 0 radical (unpaired) electrons. The molecule has 1 aliphatic heterocycles. The van der Waals surface area contributed by atoms with Crippen LogP contribution in [0.2, 0.25) is 0 Å². The molecule has 0 saturated heterocycles. The summed E-state index contributed by atoms with van der Waals surface area (Å²) >= 11 is 0. The Morgan fingerprint density at radius 2 is 2.12 bits per heavy atom. The molecule has 0 atom stereocenters. The summed E-state index contributed by atoms with van der Waals surface area (Å²) in [6.07, 6.45) is 3.29. The molecular formula is C13H14FNO. The highest BCUT2D eigenvalue weighted by atomic mass is 19.1. The van der Waals surface area contributed by atoms with E-state index >= 15 is 0 Å². The highest BCUT2D eigenvalue weighted by Gasteiger charge is 2.42. The highest BCUT2D eigenvalue weighted by molar-refractivity contribution is 5.99. The smallest absolute Gasteiger partial charge is 0.176 e. The molecule has 2 aliphatic rings. The standard InChI is InChI=1S/C13H14FNO/c14-9-2-3-10-11(6-9)13(4-1-5-13)8-15-7-12(10)16/h2-3,6,15H,1,4-5,7-8H2. The molecule has 1 aromatic carbocycles. The van der Waals surface area contributed by atoms with E-state index in [2.05, 4.69) is 5.32 Å². The van der Waals surface area contributed by atoms with Gasteiger partial charge in [0.2, 0.25) is 0 Å². The van der Waals surface area contributed by atoms with Crippen molar-refractivity contribution in [2.45, 2.75) is 24.7 Å². The number of carbonyl (C=O) groups excluding carboxylic acids is 1. The number of halogens is 1. The number of carbonyl (C=O) groups is 1. The minimum Gasteiger partial charge on any atom is -0.309 e. The van der Waals surface area contributed by atoms with Crippen molar-refractivity contribution in [1.29, 1.82) is 0 Å². The van der Waals surface area contributed by atoms with Crippen LogP contribution in [0, 0.1) is 5.82 Å². The van der Waals surface area contributed by atoms with Crippen molar-refractivity contribution in [3.05, 3.63) is 35.1 Å². The number of fused-ring (bicyclic) bond motifs is 2. The van der Waals surface area contributed by atoms with E-state index in [9.17, 15) is 9.18 Å². The lowest BCUT2D eigenvalue weighted by Crippen LogP contribution is -2.42. The molecule has 1 N–H and O–H groups in total. The Balaban J connectivity index is 2.17. The fraction of sp³-hybridized carbons (Fsp3) is 0.462. The van der Waals surface area contributed by atoms with E-state index < -0.39 is 0 Å². The predicted octanol–water partition coefficient (Wildman–Crippen LogP) is 2.03. The van der Waals surface area contributed by atoms with Crippen molar-refractivity contribution in [3.8, 4) is 0 Å². The third-order valence-electron chi connectivity index (χ3n) is 3.91. The Hall–Kier alpha value is -1.22. The number of rotatable bonds is 0. The molecular weight excluding hydrogens is 205 g/mol. The quantitative estimate of drug-likeness (QED) is 0.723. The third kappa shape index (κ3) is 1.31. The van der Waals surface area contributed by atoms with Gasteiger partial charge in [0.05, 0.1) is 6.54 Å². The van der Waals surface area contributed by atoms with Crippen LogP contribution in [0.25, 0.3) is 0 Å². The van der Waals surface area contributed by atoms with Gasteiger partial charge in [-0.15, -0.1) is 0 Å². The first-order valence-corrected chi connectivity index (χ1v) is 5.75. The second-order valence-electron chi connectivity index (χ2n) is 4.85. The molecule has 2 nitrogen and oxygen atoms in total. The summed E-state index contributed by atoms with van der Waals surface area (Å²) < 4.78 is 13.3. The van der Waals surface area contributed by atoms with E-state index in [0.717, 1.165) is 24.9 Å². The number of hydrogen-bond acceptors (Lipinski definition) is 2. The zero-order valence-electron chi connectivity index (χ0n) is 9.05. The summed E-state index contributed by atoms with van der Waals surface area (Å²) in [5.74, 6) is -0.154. The van der Waals surface area contributed by atoms with Gasteiger partial charge in [0.15, 0.2) is 5.78 Å². The molecule has 1 spiro atoms. The molecule has 1 heterocycles. The summed E-state index contributed by atoms with van der Waals surface area (Å²) in [4.78, 5) is 11.9. The van der Waals surface area contributed by atoms with Crippen LogP contribution in [-0.2, 0) is 5.41 Å². The Morgan fingerprint density at radius 3 is 2.81 bits per heavy atom. The summed E-state index contributed by atoms with van der Waals surface area (Å²) in [6, 6.07) is 4.58. The van der Waals surface area contributed by atoms with Gasteiger partial charge in [-0.05, 0) is 36.6 Å². The van der Waals surface area contributed by atoms with Gasteiger partial charge in [0, 0.05) is 17.5 Å². The molecule has 84 valence electrons. The fourth-order valence-corrected chi connectivity index (χ4v) is 2.85. The van der Waals surface area contributed by atoms with Crippen LogP contribution in [0.5, 0.6) is 0 Å². The Bertz CT molecular complexity index is 451. The number of nitrogens with one attached hydrogen (secondary N) is 1. The van der Waals surface area contributed by atoms with Crippen LogP contribution >= 0.6 is 0 Å². The van der Waals surface area contributed by atoms with Crippen LogP contribution in [0.4, 0.5) is 4.39 Å². The van der Waals surface area contributed by atoms with Gasteiger partial charge in [-0.3, -0.25) is 4.79 Å². The van der Waals surface area contributed by atoms with Crippen molar-refractivity contribution in [3.63, 3.8) is 0 Å². The van der Waals surface area contributed by atoms with Crippen molar-refractivity contribution < 1.29 is 9.18 Å². The lowest BCUT2D eigenvalue weighted by molar-refractivity contribution is 0.0993. The van der Waals surface area contributed by atoms with E-state index in [1.54, 1.807) is 12.1 Å². The lowest BCUT2D eigenvalue weighted by Gasteiger charge is -2.42. The Morgan fingerprint density at radius 1 is 1.31 bits per heavy atom. The maximum Gasteiger partial charge on any atom is 0.176 e. The van der Waals surface area contributed by atoms with E-state index in [1.807, 2.05) is 0 Å². The molecule has 16 heavy (non-hydrogen) atoms. The van der Waals surface area contributed by atoms with E-state index in [-0.39, 0.29) is 17.0 Å². The first kappa shape index (κ1) is 9.97. The summed E-state index contributed by atoms with van der Waals surface area (Å²) in [6.45, 7) is 1.18. The van der Waals surface area contributed by atoms with E-state index in [1.165, 1.54) is 12.5 Å². The van der Waals surface area contributed by atoms with E-state index in [4.69, 9.17) is 0 Å². The van der Waals surface area contributed by atoms with Crippen LogP contribution in [0.1, 0.15) is 35.2 Å². The van der Waals surface area contributed by atoms with Crippen LogP contribution in [0.15, 0.2) is 18.2 Å². The summed E-state index contributed by atoms with van der Waals surface area (Å²) in [5.41, 5.74) is 1.66. The zero-order chi connectivity index (χ0) is 11.2. The highest BCUT2D eigenvalue weighted by Crippen LogP contribution is 2.45. The minimum absolute atomic E-state index is 0.0175. The number of hydrogen-bond donors (Lipinski definition) is 1. The van der Waals surface area contributed by atoms with Crippen LogP contribution in [-0.4, -0.2) is 18.9 Å². The molecule has 1 aliphatic carbocycles. The molecule has 3 heteroatoms. The van der Waals surface area contributed by atoms with E-state index in [0.29, 0.717) is 12.1 Å². The Kier molecular flexibility index (Phi) is 2.11. The molecule has 1 fully saturated rings. The largest absolute Gasteiger partial charge is 0.309 e. The van der Waals surface area contributed by atoms with Crippen LogP contribution in [0.3, 0.4) is 0 Å². The van der Waals surface area contributed by atoms with Gasteiger partial charge in [-0.1, -0.05) is 6.42 Å². The molecule has 3 rings (SSSR count). The van der Waals surface area contributed by atoms with Gasteiger partial charge in [-0.25, -0.2) is 4.39 Å². The van der Waals surface area contributed by atoms with Crippen molar-refractivity contribution in [2.24, 2.45) is 0 Å². The Labute approximate surface area is 93.9 Å². The zero-order valence-corrected chi connectivity index (χ0v) is 9.05. The molecule has 0 aromatic heterocycles. The second-order valence-corrected chi connectivity index (χ2v) is 4.85. The topological polar surface area (TPSA) is 29.1 Å². The maximum absolute atomic E-state index is 13.3. The molecule has 1 aromatic rings. The first-order chi connectivity index (χ1) is 7.71. The second kappa shape index (κ2) is 3.39. The summed E-state index contributed by atoms with van der Waals surface area (Å²) in [5, 5.41) is 3.18. The minimum atomic E-state index is -0.236. The number of Topliss-reactive ketones (excluding diaryl/α,β-unsaturated/α-hetero) is 1. The average molecular weight is 219 g/mol. The van der Waals surface area contributed by atoms with Gasteiger partial charge in [0.1, 0.15) is 5.82 Å². The van der Waals surface area contributed by atoms with Gasteiger partial charge >= 0.3 is 0 Å². The van der Waals surface area contributed by atoms with Crippen LogP contribution < -0.4 is 5.32 Å². The van der Waals surface area contributed by atoms with Gasteiger partial charge in [-0.2, -0.15) is 0 Å². The molecule has 0 bridgehead atoms. The maximum atomic E-state index is 13.3. The lowest BCUT2D eigenvalue weighted by atomic mass is 9.63. The van der Waals surface area contributed by atoms with Crippen molar-refractivity contribution in [2.75, 3.05) is 13.1 Å². The average Bonchev–Trinajstić information content (AvgIpc) is 2.34. The molecule has 0 unspecified atom stereocenters. The van der Waals surface area contributed by atoms with Crippen molar-refractivity contribution in [1.82, 2.24) is 5.32 Å². The monoisotopic (exact) mass is 219 g/mol. The fourth-order valence-electron chi connectivity index (χ4n) is 2.85.